The van der Waals surface area contributed by atoms with E-state index in [1.54, 1.807) is 89.4 Å². The van der Waals surface area contributed by atoms with Crippen LogP contribution >= 0.6 is 47.0 Å². The molecular weight excluding hydrogens is 1210 g/mol. The maximum Gasteiger partial charge on any atom is 0.165 e. The van der Waals surface area contributed by atoms with Crippen LogP contribution in [0.5, 0.6) is 0 Å². The van der Waals surface area contributed by atoms with Gasteiger partial charge in [0.05, 0.1) is 80.9 Å². The zero-order valence-electron chi connectivity index (χ0n) is 49.3. The third-order valence-electron chi connectivity index (χ3n) is 16.0. The first-order chi connectivity index (χ1) is 42.8. The maximum atomic E-state index is 10.4. The van der Waals surface area contributed by atoms with Crippen molar-refractivity contribution in [1.82, 2.24) is 38.2 Å². The minimum absolute atomic E-state index is 0.153. The summed E-state index contributed by atoms with van der Waals surface area (Å²) in [6.07, 6.45) is 15.3. The van der Waals surface area contributed by atoms with E-state index in [2.05, 4.69) is 64.3 Å². The number of rotatable bonds is 15. The normalized spacial score (nSPS) is 31.9. The smallest absolute Gasteiger partial charge is 0.165 e. The number of imidazole rings is 4. The van der Waals surface area contributed by atoms with Crippen molar-refractivity contribution >= 4 is 95.3 Å². The van der Waals surface area contributed by atoms with Crippen molar-refractivity contribution in [3.63, 3.8) is 0 Å². The van der Waals surface area contributed by atoms with Crippen LogP contribution in [0.2, 0.25) is 0 Å². The lowest BCUT2D eigenvalue weighted by atomic mass is 10.1. The van der Waals surface area contributed by atoms with E-state index >= 15 is 0 Å². The number of aliphatic hydroxyl groups is 9. The summed E-state index contributed by atoms with van der Waals surface area (Å²) in [5.41, 5.74) is 2.25. The third kappa shape index (κ3) is 15.7. The van der Waals surface area contributed by atoms with Gasteiger partial charge >= 0.3 is 0 Å². The molecule has 8 aliphatic rings. The van der Waals surface area contributed by atoms with Gasteiger partial charge < -0.3 is 70.2 Å². The molecule has 88 heavy (non-hydrogen) atoms. The number of aliphatic imine (C=N–C) groups is 4. The van der Waals surface area contributed by atoms with E-state index in [9.17, 15) is 46.0 Å². The number of thioether (sulfide) groups is 4. The average molecular weight is 1300 g/mol. The predicted octanol–water partition coefficient (Wildman–Crippen LogP) is 5.83. The molecule has 8 unspecified atom stereocenters. The second-order valence-corrected chi connectivity index (χ2v) is 26.4. The van der Waals surface area contributed by atoms with Crippen LogP contribution in [0.3, 0.4) is 0 Å². The summed E-state index contributed by atoms with van der Waals surface area (Å²) in [5, 5.41) is 94.2. The predicted molar refractivity (Wildman–Crippen MR) is 339 cm³/mol. The van der Waals surface area contributed by atoms with Crippen LogP contribution in [0, 0.1) is 0 Å². The molecule has 4 aromatic heterocycles. The number of fused-ring (bicyclic) bond motifs is 4. The Morgan fingerprint density at radius 2 is 0.989 bits per heavy atom. The Morgan fingerprint density at radius 3 is 1.52 bits per heavy atom. The van der Waals surface area contributed by atoms with Crippen molar-refractivity contribution in [2.75, 3.05) is 53.1 Å². The fourth-order valence-electron chi connectivity index (χ4n) is 11.3. The van der Waals surface area contributed by atoms with Crippen molar-refractivity contribution in [2.24, 2.45) is 20.0 Å². The van der Waals surface area contributed by atoms with E-state index in [1.807, 2.05) is 50.6 Å². The third-order valence-corrected chi connectivity index (χ3v) is 19.7. The van der Waals surface area contributed by atoms with E-state index in [-0.39, 0.29) is 37.0 Å². The van der Waals surface area contributed by atoms with Gasteiger partial charge in [0.15, 0.2) is 23.7 Å². The van der Waals surface area contributed by atoms with E-state index in [4.69, 9.17) is 18.9 Å². The first-order valence-corrected chi connectivity index (χ1v) is 34.8. The molecule has 0 bridgehead atoms. The van der Waals surface area contributed by atoms with E-state index in [0.717, 1.165) is 41.4 Å². The first-order valence-electron chi connectivity index (χ1n) is 29.8. The van der Waals surface area contributed by atoms with Gasteiger partial charge in [-0.1, -0.05) is 25.1 Å². The number of hydrogen-bond donors (Lipinski definition) is 10. The van der Waals surface area contributed by atoms with Gasteiger partial charge in [-0.25, -0.2) is 34.9 Å². The summed E-state index contributed by atoms with van der Waals surface area (Å²) in [6.45, 7) is 2.44. The topological polar surface area (TPSA) is 352 Å². The fraction of sp³-hybridized carbons (Fsp3) is 0.621. The number of anilines is 1. The standard InChI is InChI=1S/C18H21N3O3S.C15H23N3O3S.C13H19N3O4S.C12H18N4O3S/c22-13-7-4-8-19-18-17(13)20-11-21(18)16-9-14(23)15(24-16)10-25-12-5-2-1-3-6-12;1-2-6-22-8-12-11(20)7-13(21-12)18-9-17-14-10(19)4-3-5-16-15(14)18;1-21-5-8-10(18)11(19)13(20-8)16-6-15-9-7(17)3-2-4-14-12(9)16;1-20-4-9-7(17)2-10(19-9)16-6-15-11-8(18)3-13-5-14-12(11)16/h1-3,5-6,8,11,13-16,22-23H,4,7,9-10H2;5,9-13,19-20H,2-4,6-8H2,1H3;4,6-8,10-11,13,17-19H,2-3,5H2,1H3;5-10,17-18H,2-4H2,1H3,(H,13,14)/t13?,14?,15-,16-;10?,11?,12-,13-;7?,8-,10?,11+,13-;7?,8?,9-,10-/m1111/s1. The molecule has 26 nitrogen and oxygen atoms in total. The molecule has 0 aliphatic carbocycles. The Hall–Kier alpha value is -4.58. The highest BCUT2D eigenvalue weighted by molar-refractivity contribution is 7.99. The number of nitrogens with zero attached hydrogens (tertiary/aromatic N) is 12. The van der Waals surface area contributed by atoms with E-state index in [0.29, 0.717) is 109 Å². The quantitative estimate of drug-likeness (QED) is 0.0435. The van der Waals surface area contributed by atoms with Crippen molar-refractivity contribution in [2.45, 2.75) is 180 Å². The molecule has 480 valence electrons. The van der Waals surface area contributed by atoms with Crippen molar-refractivity contribution < 1.29 is 64.9 Å². The summed E-state index contributed by atoms with van der Waals surface area (Å²) in [7, 11) is 0. The number of ether oxygens (including phenoxy) is 4. The Labute approximate surface area is 527 Å². The molecule has 1 aromatic carbocycles. The van der Waals surface area contributed by atoms with Crippen LogP contribution in [-0.4, -0.2) is 212 Å². The fourth-order valence-corrected chi connectivity index (χ4v) is 14.5. The van der Waals surface area contributed by atoms with Crippen LogP contribution in [0.25, 0.3) is 0 Å². The lowest BCUT2D eigenvalue weighted by Gasteiger charge is -2.17. The lowest BCUT2D eigenvalue weighted by molar-refractivity contribution is -0.0301. The Morgan fingerprint density at radius 1 is 0.523 bits per heavy atom. The number of benzene rings is 1. The van der Waals surface area contributed by atoms with Gasteiger partial charge in [-0.15, -0.1) is 11.8 Å². The molecule has 0 amide bonds. The number of hydrogen-bond acceptors (Lipinski definition) is 26. The molecule has 8 aliphatic heterocycles. The van der Waals surface area contributed by atoms with Gasteiger partial charge in [0.2, 0.25) is 0 Å². The molecule has 0 radical (unpaired) electrons. The molecular formula is C58H81N13O13S4. The number of aromatic nitrogens is 8. The highest BCUT2D eigenvalue weighted by atomic mass is 32.2. The summed E-state index contributed by atoms with van der Waals surface area (Å²) in [6, 6.07) is 10.1. The Bertz CT molecular complexity index is 3130. The van der Waals surface area contributed by atoms with E-state index < -0.39 is 67.3 Å². The molecule has 12 heterocycles. The monoisotopic (exact) mass is 1300 g/mol. The second kappa shape index (κ2) is 31.6. The van der Waals surface area contributed by atoms with Gasteiger partial charge in [-0.05, 0) is 75.3 Å². The lowest BCUT2D eigenvalue weighted by Crippen LogP contribution is -2.32. The van der Waals surface area contributed by atoms with Crippen molar-refractivity contribution in [1.29, 1.82) is 0 Å². The van der Waals surface area contributed by atoms with Crippen LogP contribution in [0.1, 0.15) is 143 Å². The average Bonchev–Trinajstić information content (AvgIpc) is 2.17. The molecule has 4 saturated heterocycles. The van der Waals surface area contributed by atoms with Gasteiger partial charge in [0.25, 0.3) is 0 Å². The maximum absolute atomic E-state index is 10.4. The minimum atomic E-state index is -1.05. The highest BCUT2D eigenvalue weighted by Gasteiger charge is 2.45. The highest BCUT2D eigenvalue weighted by Crippen LogP contribution is 2.42. The van der Waals surface area contributed by atoms with Crippen LogP contribution < -0.4 is 5.32 Å². The molecule has 10 N–H and O–H groups in total. The Kier molecular flexibility index (Phi) is 23.9. The van der Waals surface area contributed by atoms with Crippen LogP contribution in [0.15, 0.2) is 80.5 Å². The van der Waals surface area contributed by atoms with Crippen LogP contribution in [-0.2, 0) is 18.9 Å². The largest absolute Gasteiger partial charge is 0.390 e. The zero-order chi connectivity index (χ0) is 61.8. The number of aliphatic hydroxyl groups excluding tert-OH is 9. The molecule has 0 spiro atoms. The second-order valence-electron chi connectivity index (χ2n) is 22.3. The summed E-state index contributed by atoms with van der Waals surface area (Å²) >= 11 is 6.67. The summed E-state index contributed by atoms with van der Waals surface area (Å²) < 4.78 is 30.8. The molecule has 30 heteroatoms. The van der Waals surface area contributed by atoms with E-state index in [1.165, 1.54) is 6.33 Å². The van der Waals surface area contributed by atoms with Gasteiger partial charge in [0.1, 0.15) is 83.9 Å². The van der Waals surface area contributed by atoms with Gasteiger partial charge in [-0.2, -0.15) is 35.3 Å². The van der Waals surface area contributed by atoms with Crippen molar-refractivity contribution in [3.8, 4) is 0 Å². The van der Waals surface area contributed by atoms with Gasteiger partial charge in [-0.3, -0.25) is 23.3 Å². The molecule has 5 aromatic rings. The molecule has 17 atom stereocenters. The molecule has 4 fully saturated rings. The van der Waals surface area contributed by atoms with Crippen LogP contribution in [0.4, 0.5) is 23.3 Å². The molecule has 0 saturated carbocycles. The van der Waals surface area contributed by atoms with Crippen molar-refractivity contribution in [3.05, 3.63) is 78.4 Å². The number of nitrogens with one attached hydrogen (secondary N) is 1. The summed E-state index contributed by atoms with van der Waals surface area (Å²) in [4.78, 5) is 35.4. The SMILES string of the molecule is CCCSC[C@H]1O[C@@H](n2cnc3c2N=CCCC3O)CC1O.CSC[C@H]1O[C@@H](n2cnc3c2N=CCCC3O)[C@@H](O)C1O.CSC[C@H]1O[C@@H](n2cnc3c2NC=NCC3O)CC1O.OC1CCC=Nc2c1ncn2[C@H]1CC(O)[C@@H](CSc2ccccc2)O1. The van der Waals surface area contributed by atoms with Gasteiger partial charge in [0, 0.05) is 65.8 Å². The Balaban J connectivity index is 0.000000130. The zero-order valence-corrected chi connectivity index (χ0v) is 52.6. The molecule has 13 rings (SSSR count). The summed E-state index contributed by atoms with van der Waals surface area (Å²) in [5.74, 6) is 6.38. The first kappa shape index (κ1) is 66.3. The minimum Gasteiger partial charge on any atom is -0.390 e.